The Bertz CT molecular complexity index is 836. The second-order valence-corrected chi connectivity index (χ2v) is 7.77. The van der Waals surface area contributed by atoms with Gasteiger partial charge in [-0.05, 0) is 5.56 Å². The summed E-state index contributed by atoms with van der Waals surface area (Å²) in [4.78, 5) is 23.7. The summed E-state index contributed by atoms with van der Waals surface area (Å²) in [6, 6.07) is 6.13. The summed E-state index contributed by atoms with van der Waals surface area (Å²) in [7, 11) is -9.01. The zero-order valence-electron chi connectivity index (χ0n) is 11.5. The van der Waals surface area contributed by atoms with Crippen molar-refractivity contribution in [2.75, 3.05) is 6.54 Å². The summed E-state index contributed by atoms with van der Waals surface area (Å²) in [6.45, 7) is -0.491. The van der Waals surface area contributed by atoms with Crippen molar-refractivity contribution in [1.29, 1.82) is 0 Å². The molecule has 0 aliphatic carbocycles. The van der Waals surface area contributed by atoms with Crippen LogP contribution in [0, 0.1) is 0 Å². The second kappa shape index (κ2) is 5.88. The molecule has 1 aromatic carbocycles. The molecule has 1 aromatic rings. The van der Waals surface area contributed by atoms with Gasteiger partial charge in [0, 0.05) is 0 Å². The van der Waals surface area contributed by atoms with Crippen LogP contribution in [-0.4, -0.2) is 50.1 Å². The first kappa shape index (κ1) is 17.3. The number of amides is 2. The van der Waals surface area contributed by atoms with Gasteiger partial charge in [0.15, 0.2) is 5.25 Å². The average Bonchev–Trinajstić information content (AvgIpc) is 2.41. The normalized spacial score (nSPS) is 19.8. The van der Waals surface area contributed by atoms with Crippen molar-refractivity contribution in [2.24, 2.45) is 5.14 Å². The summed E-state index contributed by atoms with van der Waals surface area (Å²) < 4.78 is 53.8. The number of hydrogen-bond donors (Lipinski definition) is 3. The molecule has 2 unspecified atom stereocenters. The van der Waals surface area contributed by atoms with E-state index in [0.29, 0.717) is 0 Å². The van der Waals surface area contributed by atoms with Gasteiger partial charge in [-0.15, -0.1) is 0 Å². The topological polar surface area (TPSA) is 164 Å². The zero-order valence-corrected chi connectivity index (χ0v) is 13.1. The van der Waals surface area contributed by atoms with Gasteiger partial charge in [0.05, 0.1) is 6.54 Å². The van der Waals surface area contributed by atoms with Gasteiger partial charge in [-0.1, -0.05) is 30.3 Å². The fourth-order valence-corrected chi connectivity index (χ4v) is 3.67. The molecular formula is C11H13N3O7S2. The lowest BCUT2D eigenvalue weighted by molar-refractivity contribution is -0.140. The summed E-state index contributed by atoms with van der Waals surface area (Å²) in [6.07, 6.45) is 0. The van der Waals surface area contributed by atoms with E-state index in [0.717, 1.165) is 0 Å². The third-order valence-corrected chi connectivity index (χ3v) is 5.19. The van der Waals surface area contributed by atoms with Crippen molar-refractivity contribution in [3.05, 3.63) is 35.9 Å². The number of carbonyl (C=O) groups is 2. The minimum absolute atomic E-state index is 0.103. The van der Waals surface area contributed by atoms with E-state index in [2.05, 4.69) is 5.32 Å². The molecule has 1 aliphatic rings. The minimum atomic E-state index is -4.70. The summed E-state index contributed by atoms with van der Waals surface area (Å²) in [5.41, 5.74) is 0.103. The van der Waals surface area contributed by atoms with Gasteiger partial charge in [0.1, 0.15) is 6.04 Å². The lowest BCUT2D eigenvalue weighted by Gasteiger charge is -2.35. The predicted octanol–water partition coefficient (Wildman–Crippen LogP) is -1.85. The quantitative estimate of drug-likeness (QED) is 0.408. The lowest BCUT2D eigenvalue weighted by atomic mass is 10.1. The van der Waals surface area contributed by atoms with Crippen molar-refractivity contribution in [2.45, 2.75) is 11.3 Å². The molecule has 0 spiro atoms. The van der Waals surface area contributed by atoms with Crippen LogP contribution >= 0.6 is 0 Å². The van der Waals surface area contributed by atoms with Crippen LogP contribution in [0.2, 0.25) is 0 Å². The van der Waals surface area contributed by atoms with Crippen LogP contribution < -0.4 is 10.5 Å². The van der Waals surface area contributed by atoms with Gasteiger partial charge in [0.25, 0.3) is 5.91 Å². The number of sulfonamides is 1. The number of rotatable bonds is 5. The monoisotopic (exact) mass is 363 g/mol. The average molecular weight is 363 g/mol. The molecule has 2 amide bonds. The van der Waals surface area contributed by atoms with Crippen molar-refractivity contribution in [3.8, 4) is 0 Å². The van der Waals surface area contributed by atoms with E-state index in [1.165, 1.54) is 24.3 Å². The van der Waals surface area contributed by atoms with Crippen molar-refractivity contribution in [1.82, 2.24) is 9.62 Å². The maximum absolute atomic E-state index is 12.1. The van der Waals surface area contributed by atoms with Crippen LogP contribution in [0.25, 0.3) is 0 Å². The van der Waals surface area contributed by atoms with E-state index in [9.17, 15) is 26.4 Å². The Kier molecular flexibility index (Phi) is 4.43. The Morgan fingerprint density at radius 1 is 1.26 bits per heavy atom. The molecule has 0 aromatic heterocycles. The van der Waals surface area contributed by atoms with Crippen LogP contribution in [0.3, 0.4) is 0 Å². The highest BCUT2D eigenvalue weighted by molar-refractivity contribution is 7.90. The fourth-order valence-electron chi connectivity index (χ4n) is 2.08. The van der Waals surface area contributed by atoms with Gasteiger partial charge in [-0.2, -0.15) is 8.42 Å². The number of nitrogens with one attached hydrogen (secondary N) is 1. The molecule has 0 bridgehead atoms. The van der Waals surface area contributed by atoms with Crippen molar-refractivity contribution < 1.29 is 31.0 Å². The summed E-state index contributed by atoms with van der Waals surface area (Å²) in [5, 5.41) is 5.43. The number of benzene rings is 1. The molecule has 4 N–H and O–H groups in total. The van der Waals surface area contributed by atoms with E-state index in [-0.39, 0.29) is 9.87 Å². The first-order valence-corrected chi connectivity index (χ1v) is 9.18. The molecule has 0 radical (unpaired) electrons. The largest absolute Gasteiger partial charge is 0.362 e. The summed E-state index contributed by atoms with van der Waals surface area (Å²) >= 11 is 0. The molecule has 0 saturated carbocycles. The van der Waals surface area contributed by atoms with Crippen molar-refractivity contribution >= 4 is 32.1 Å². The van der Waals surface area contributed by atoms with E-state index in [1.54, 1.807) is 6.07 Å². The van der Waals surface area contributed by atoms with E-state index >= 15 is 0 Å². The van der Waals surface area contributed by atoms with Gasteiger partial charge < -0.3 is 5.32 Å². The first-order chi connectivity index (χ1) is 10.5. The number of carbonyl (C=O) groups excluding carboxylic acids is 2. The van der Waals surface area contributed by atoms with E-state index < -0.39 is 50.0 Å². The predicted molar refractivity (Wildman–Crippen MR) is 77.5 cm³/mol. The SMILES string of the molecule is NS(=O)(=O)C(C(=O)NC1CN(S(=O)(=O)O)C1=O)c1ccccc1. The van der Waals surface area contributed by atoms with Crippen LogP contribution in [0.5, 0.6) is 0 Å². The van der Waals surface area contributed by atoms with Gasteiger partial charge in [0.2, 0.25) is 15.9 Å². The van der Waals surface area contributed by atoms with Crippen LogP contribution in [0.4, 0.5) is 0 Å². The molecule has 1 heterocycles. The van der Waals surface area contributed by atoms with Crippen LogP contribution in [0.15, 0.2) is 30.3 Å². The number of nitrogens with zero attached hydrogens (tertiary/aromatic N) is 1. The van der Waals surface area contributed by atoms with Crippen LogP contribution in [-0.2, 0) is 29.9 Å². The van der Waals surface area contributed by atoms with Gasteiger partial charge >= 0.3 is 10.3 Å². The van der Waals surface area contributed by atoms with Gasteiger partial charge in [-0.25, -0.2) is 17.9 Å². The standard InChI is InChI=1S/C11H13N3O7S2/c12-22(17,18)9(7-4-2-1-3-5-7)10(15)13-8-6-14(11(8)16)23(19,20)21/h1-5,8-9H,6H2,(H,13,15)(H2,12,17,18)(H,19,20,21). The Hall–Kier alpha value is -2.02. The molecule has 23 heavy (non-hydrogen) atoms. The zero-order chi connectivity index (χ0) is 17.4. The van der Waals surface area contributed by atoms with E-state index in [1.807, 2.05) is 0 Å². The number of β-lactam (4-membered cyclic amide) rings is 1. The molecule has 1 saturated heterocycles. The molecule has 1 fully saturated rings. The molecule has 10 nitrogen and oxygen atoms in total. The smallest absolute Gasteiger partial charge is 0.341 e. The second-order valence-electron chi connectivity index (χ2n) is 4.79. The lowest BCUT2D eigenvalue weighted by Crippen LogP contribution is -2.65. The summed E-state index contributed by atoms with van der Waals surface area (Å²) in [5.74, 6) is -2.13. The third-order valence-electron chi connectivity index (χ3n) is 3.16. The molecule has 2 atom stereocenters. The van der Waals surface area contributed by atoms with E-state index in [4.69, 9.17) is 9.69 Å². The Morgan fingerprint density at radius 2 is 1.83 bits per heavy atom. The molecule has 126 valence electrons. The number of primary sulfonamides is 1. The highest BCUT2D eigenvalue weighted by Crippen LogP contribution is 2.22. The minimum Gasteiger partial charge on any atom is -0.341 e. The fraction of sp³-hybridized carbons (Fsp3) is 0.273. The van der Waals surface area contributed by atoms with Gasteiger partial charge in [-0.3, -0.25) is 14.1 Å². The third kappa shape index (κ3) is 3.67. The Labute approximate surface area is 132 Å². The molecular weight excluding hydrogens is 350 g/mol. The highest BCUT2D eigenvalue weighted by atomic mass is 32.2. The Balaban J connectivity index is 2.17. The number of nitrogens with two attached hydrogens (primary N) is 1. The maximum atomic E-state index is 12.1. The molecule has 12 heteroatoms. The first-order valence-electron chi connectivity index (χ1n) is 6.17. The molecule has 2 rings (SSSR count). The van der Waals surface area contributed by atoms with Crippen LogP contribution in [0.1, 0.15) is 10.8 Å². The maximum Gasteiger partial charge on any atom is 0.362 e. The highest BCUT2D eigenvalue weighted by Gasteiger charge is 2.46. The molecule has 1 aliphatic heterocycles. The number of hydrogen-bond acceptors (Lipinski definition) is 6. The van der Waals surface area contributed by atoms with Crippen molar-refractivity contribution in [3.63, 3.8) is 0 Å². The Morgan fingerprint density at radius 3 is 2.26 bits per heavy atom.